The van der Waals surface area contributed by atoms with E-state index in [2.05, 4.69) is 9.50 Å². The summed E-state index contributed by atoms with van der Waals surface area (Å²) in [6, 6.07) is 2.19. The third-order valence-electron chi connectivity index (χ3n) is 4.10. The van der Waals surface area contributed by atoms with Crippen molar-refractivity contribution in [3.63, 3.8) is 0 Å². The molecule has 12 heteroatoms. The number of hydrogen-bond acceptors (Lipinski definition) is 7. The van der Waals surface area contributed by atoms with E-state index in [4.69, 9.17) is 9.47 Å². The predicted octanol–water partition coefficient (Wildman–Crippen LogP) is 3.53. The molecule has 1 rings (SSSR count). The van der Waals surface area contributed by atoms with Gasteiger partial charge in [0.1, 0.15) is 16.9 Å². The molecule has 0 aliphatic rings. The molecule has 0 aliphatic heterocycles. The normalized spacial score (nSPS) is 14.4. The summed E-state index contributed by atoms with van der Waals surface area (Å²) in [6.07, 6.45) is -0.977. The first-order valence-corrected chi connectivity index (χ1v) is 10.4. The van der Waals surface area contributed by atoms with E-state index >= 15 is 0 Å². The van der Waals surface area contributed by atoms with Gasteiger partial charge in [-0.1, -0.05) is 0 Å². The number of esters is 1. The van der Waals surface area contributed by atoms with E-state index in [0.717, 1.165) is 19.2 Å². The molecule has 0 saturated heterocycles. The lowest BCUT2D eigenvalue weighted by Gasteiger charge is -2.31. The van der Waals surface area contributed by atoms with Crippen LogP contribution in [0.25, 0.3) is 0 Å². The van der Waals surface area contributed by atoms with E-state index in [1.165, 1.54) is 20.8 Å². The third kappa shape index (κ3) is 7.01. The summed E-state index contributed by atoms with van der Waals surface area (Å²) in [5, 5.41) is 2.46. The van der Waals surface area contributed by atoms with E-state index in [9.17, 15) is 31.2 Å². The number of methoxy groups -OCH3 is 1. The lowest BCUT2D eigenvalue weighted by Crippen LogP contribution is -2.55. The maximum absolute atomic E-state index is 12.6. The molecular weight excluding hydrogens is 443 g/mol. The van der Waals surface area contributed by atoms with Gasteiger partial charge < -0.3 is 19.0 Å². The highest BCUT2D eigenvalue weighted by atomic mass is 32.2. The fourth-order valence-electron chi connectivity index (χ4n) is 2.73. The number of rotatable bonds is 6. The molecule has 1 N–H and O–H groups in total. The summed E-state index contributed by atoms with van der Waals surface area (Å²) in [6.45, 7) is 9.33. The molecule has 0 spiro atoms. The summed E-state index contributed by atoms with van der Waals surface area (Å²) in [4.78, 5) is 24.6. The number of carbonyl (C=O) groups is 2. The van der Waals surface area contributed by atoms with Gasteiger partial charge in [0.25, 0.3) is 0 Å². The van der Waals surface area contributed by atoms with Crippen molar-refractivity contribution in [3.8, 4) is 5.75 Å². The Labute approximate surface area is 179 Å². The third-order valence-corrected chi connectivity index (χ3v) is 5.08. The number of nitrogens with one attached hydrogen (secondary N) is 1. The second-order valence-electron chi connectivity index (χ2n) is 8.15. The van der Waals surface area contributed by atoms with Crippen LogP contribution in [0.5, 0.6) is 5.75 Å². The van der Waals surface area contributed by atoms with Gasteiger partial charge in [-0.15, -0.1) is 0 Å². The van der Waals surface area contributed by atoms with Gasteiger partial charge in [-0.3, -0.25) is 0 Å². The van der Waals surface area contributed by atoms with Gasteiger partial charge in [-0.05, 0) is 70.4 Å². The van der Waals surface area contributed by atoms with Gasteiger partial charge in [0.05, 0.1) is 7.11 Å². The highest BCUT2D eigenvalue weighted by molar-refractivity contribution is 7.88. The van der Waals surface area contributed by atoms with Gasteiger partial charge in [0.2, 0.25) is 0 Å². The van der Waals surface area contributed by atoms with Gasteiger partial charge in [0.15, 0.2) is 0 Å². The molecular formula is C19H26F3NO7S. The monoisotopic (exact) mass is 469 g/mol. The van der Waals surface area contributed by atoms with E-state index in [1.54, 1.807) is 20.8 Å². The lowest BCUT2D eigenvalue weighted by atomic mass is 9.88. The zero-order chi connectivity index (χ0) is 24.4. The standard InChI is InChI=1S/C19H26F3NO7S/c1-11-8-13(30-31(26,27)19(20,21)22)9-12(2)14(11)10-18(6,15(24)28-7)23-16(25)29-17(3,4)5/h8-9H,10H2,1-7H3,(H,23,25)/t18-/m0/s1. The van der Waals surface area contributed by atoms with E-state index < -0.39 is 44.6 Å². The molecule has 0 saturated carbocycles. The Hall–Kier alpha value is -2.50. The Morgan fingerprint density at radius 2 is 1.52 bits per heavy atom. The molecule has 176 valence electrons. The highest BCUT2D eigenvalue weighted by Gasteiger charge is 2.48. The number of alkyl halides is 3. The summed E-state index contributed by atoms with van der Waals surface area (Å²) in [7, 11) is -4.70. The van der Waals surface area contributed by atoms with Crippen molar-refractivity contribution in [1.82, 2.24) is 5.32 Å². The van der Waals surface area contributed by atoms with Gasteiger partial charge >= 0.3 is 27.7 Å². The number of hydrogen-bond donors (Lipinski definition) is 1. The smallest absolute Gasteiger partial charge is 0.467 e. The molecule has 1 aromatic rings. The van der Waals surface area contributed by atoms with Gasteiger partial charge in [-0.25, -0.2) is 9.59 Å². The van der Waals surface area contributed by atoms with Crippen LogP contribution in [0.3, 0.4) is 0 Å². The van der Waals surface area contributed by atoms with E-state index in [1.807, 2.05) is 0 Å². The van der Waals surface area contributed by atoms with Crippen molar-refractivity contribution in [3.05, 3.63) is 28.8 Å². The maximum atomic E-state index is 12.6. The molecule has 0 aromatic heterocycles. The molecule has 0 aliphatic carbocycles. The zero-order valence-corrected chi connectivity index (χ0v) is 19.1. The number of alkyl carbamates (subject to hydrolysis) is 1. The molecule has 1 aromatic carbocycles. The summed E-state index contributed by atoms with van der Waals surface area (Å²) in [5.41, 5.74) is -6.82. The van der Waals surface area contributed by atoms with Crippen LogP contribution in [0.1, 0.15) is 44.4 Å². The number of aryl methyl sites for hydroxylation is 2. The van der Waals surface area contributed by atoms with Crippen molar-refractivity contribution in [1.29, 1.82) is 0 Å². The quantitative estimate of drug-likeness (QED) is 0.386. The van der Waals surface area contributed by atoms with E-state index in [-0.39, 0.29) is 6.42 Å². The van der Waals surface area contributed by atoms with Crippen LogP contribution in [-0.4, -0.2) is 44.2 Å². The SMILES string of the molecule is COC(=O)[C@](C)(Cc1c(C)cc(OS(=O)(=O)C(F)(F)F)cc1C)NC(=O)OC(C)(C)C. The fraction of sp³-hybridized carbons (Fsp3) is 0.579. The minimum Gasteiger partial charge on any atom is -0.467 e. The Kier molecular flexibility index (Phi) is 7.64. The molecule has 31 heavy (non-hydrogen) atoms. The summed E-state index contributed by atoms with van der Waals surface area (Å²) in [5.74, 6) is -1.31. The van der Waals surface area contributed by atoms with Crippen LogP contribution in [0.15, 0.2) is 12.1 Å². The summed E-state index contributed by atoms with van der Waals surface area (Å²) >= 11 is 0. The minimum atomic E-state index is -5.83. The molecule has 0 unspecified atom stereocenters. The minimum absolute atomic E-state index is 0.108. The van der Waals surface area contributed by atoms with Crippen LogP contribution < -0.4 is 9.50 Å². The zero-order valence-electron chi connectivity index (χ0n) is 18.3. The number of ether oxygens (including phenoxy) is 2. The Morgan fingerprint density at radius 3 is 1.90 bits per heavy atom. The number of halogens is 3. The number of benzene rings is 1. The van der Waals surface area contributed by atoms with Crippen LogP contribution in [0.4, 0.5) is 18.0 Å². The first-order chi connectivity index (χ1) is 13.8. The van der Waals surface area contributed by atoms with E-state index in [0.29, 0.717) is 16.7 Å². The van der Waals surface area contributed by atoms with Crippen molar-refractivity contribution < 1.29 is 44.8 Å². The largest absolute Gasteiger partial charge is 0.534 e. The van der Waals surface area contributed by atoms with Crippen LogP contribution in [0, 0.1) is 13.8 Å². The molecule has 1 amide bonds. The maximum Gasteiger partial charge on any atom is 0.534 e. The molecule has 0 bridgehead atoms. The molecule has 1 atom stereocenters. The number of amides is 1. The summed E-state index contributed by atoms with van der Waals surface area (Å²) < 4.78 is 74.4. The van der Waals surface area contributed by atoms with Crippen molar-refractivity contribution in [2.75, 3.05) is 7.11 Å². The Balaban J connectivity index is 3.27. The second kappa shape index (κ2) is 8.93. The first kappa shape index (κ1) is 26.5. The molecule has 0 heterocycles. The number of carbonyl (C=O) groups excluding carboxylic acids is 2. The molecule has 0 fully saturated rings. The van der Waals surface area contributed by atoms with Crippen molar-refractivity contribution >= 4 is 22.2 Å². The van der Waals surface area contributed by atoms with Crippen LogP contribution >= 0.6 is 0 Å². The van der Waals surface area contributed by atoms with Crippen LogP contribution in [0.2, 0.25) is 0 Å². The Bertz CT molecular complexity index is 929. The topological polar surface area (TPSA) is 108 Å². The average molecular weight is 469 g/mol. The van der Waals surface area contributed by atoms with Crippen molar-refractivity contribution in [2.45, 2.75) is 64.6 Å². The second-order valence-corrected chi connectivity index (χ2v) is 9.68. The van der Waals surface area contributed by atoms with Gasteiger partial charge in [0, 0.05) is 6.42 Å². The molecule has 0 radical (unpaired) electrons. The van der Waals surface area contributed by atoms with Crippen LogP contribution in [-0.2, 0) is 30.8 Å². The fourth-order valence-corrected chi connectivity index (χ4v) is 3.17. The van der Waals surface area contributed by atoms with Gasteiger partial charge in [-0.2, -0.15) is 21.6 Å². The average Bonchev–Trinajstić information content (AvgIpc) is 2.54. The predicted molar refractivity (Wildman–Crippen MR) is 105 cm³/mol. The lowest BCUT2D eigenvalue weighted by molar-refractivity contribution is -0.147. The Morgan fingerprint density at radius 1 is 1.03 bits per heavy atom. The molecule has 8 nitrogen and oxygen atoms in total. The van der Waals surface area contributed by atoms with Crippen molar-refractivity contribution in [2.24, 2.45) is 0 Å². The highest BCUT2D eigenvalue weighted by Crippen LogP contribution is 2.31. The first-order valence-electron chi connectivity index (χ1n) is 9.02.